The first kappa shape index (κ1) is 13.1. The number of nitrogens with zero attached hydrogens (tertiary/aromatic N) is 1. The molecule has 0 unspecified atom stereocenters. The van der Waals surface area contributed by atoms with E-state index in [1.165, 1.54) is 0 Å². The predicted molar refractivity (Wildman–Crippen MR) is 77.0 cm³/mol. The van der Waals surface area contributed by atoms with Gasteiger partial charge in [0.05, 0.1) is 5.69 Å². The lowest BCUT2D eigenvalue weighted by Crippen LogP contribution is -2.27. The number of nitrogen functional groups attached to an aromatic ring is 1. The number of hydrogen-bond acceptors (Lipinski definition) is 3. The van der Waals surface area contributed by atoms with Crippen LogP contribution in [0.3, 0.4) is 0 Å². The highest BCUT2D eigenvalue weighted by Crippen LogP contribution is 2.37. The van der Waals surface area contributed by atoms with Gasteiger partial charge in [0.25, 0.3) is 5.91 Å². The van der Waals surface area contributed by atoms with E-state index in [0.717, 1.165) is 24.3 Å². The number of hydrogen-bond donors (Lipinski definition) is 2. The van der Waals surface area contributed by atoms with Crippen molar-refractivity contribution in [3.8, 4) is 0 Å². The summed E-state index contributed by atoms with van der Waals surface area (Å²) in [6, 6.07) is 2.23. The normalized spacial score (nSPS) is 14.4. The van der Waals surface area contributed by atoms with Crippen molar-refractivity contribution >= 4 is 23.4 Å². The van der Waals surface area contributed by atoms with Crippen LogP contribution in [0.4, 0.5) is 5.69 Å². The Labute approximate surface area is 112 Å². The van der Waals surface area contributed by atoms with Crippen LogP contribution in [0.2, 0.25) is 0 Å². The standard InChI is InChI=1S/C13H19N3OS/c1-2-6-18-7-5-15-13(17)12-8-10(14)9-16(12)11-3-4-11/h2,8-9,11H,1,3-7,14H2,(H,15,17). The number of anilines is 1. The van der Waals surface area contributed by atoms with Gasteiger partial charge in [-0.25, -0.2) is 0 Å². The molecule has 0 aromatic carbocycles. The molecule has 0 radical (unpaired) electrons. The Bertz CT molecular complexity index is 437. The maximum atomic E-state index is 12.0. The van der Waals surface area contributed by atoms with Crippen LogP contribution in [0.25, 0.3) is 0 Å². The van der Waals surface area contributed by atoms with Crippen LogP contribution in [-0.4, -0.2) is 28.5 Å². The van der Waals surface area contributed by atoms with E-state index in [9.17, 15) is 4.79 Å². The third-order valence-electron chi connectivity index (χ3n) is 2.81. The molecule has 4 nitrogen and oxygen atoms in total. The minimum atomic E-state index is -0.0298. The highest BCUT2D eigenvalue weighted by atomic mass is 32.2. The van der Waals surface area contributed by atoms with Gasteiger partial charge in [0.1, 0.15) is 5.69 Å². The molecular weight excluding hydrogens is 246 g/mol. The van der Waals surface area contributed by atoms with Gasteiger partial charge >= 0.3 is 0 Å². The molecule has 0 atom stereocenters. The number of rotatable bonds is 7. The number of thioether (sulfide) groups is 1. The predicted octanol–water partition coefficient (Wildman–Crippen LogP) is 2.05. The van der Waals surface area contributed by atoms with Gasteiger partial charge in [-0.15, -0.1) is 6.58 Å². The van der Waals surface area contributed by atoms with Gasteiger partial charge < -0.3 is 15.6 Å². The Morgan fingerprint density at radius 3 is 3.11 bits per heavy atom. The van der Waals surface area contributed by atoms with Gasteiger partial charge in [0.2, 0.25) is 0 Å². The third kappa shape index (κ3) is 3.32. The topological polar surface area (TPSA) is 60.1 Å². The molecule has 1 aromatic heterocycles. The van der Waals surface area contributed by atoms with Crippen LogP contribution in [0.15, 0.2) is 24.9 Å². The van der Waals surface area contributed by atoms with Crippen LogP contribution < -0.4 is 11.1 Å². The average Bonchev–Trinajstić information content (AvgIpc) is 3.12. The number of carbonyl (C=O) groups is 1. The molecule has 0 bridgehead atoms. The fourth-order valence-electron chi connectivity index (χ4n) is 1.83. The van der Waals surface area contributed by atoms with E-state index in [0.29, 0.717) is 24.0 Å². The summed E-state index contributed by atoms with van der Waals surface area (Å²) < 4.78 is 2.00. The van der Waals surface area contributed by atoms with Crippen molar-refractivity contribution < 1.29 is 4.79 Å². The maximum absolute atomic E-state index is 12.0. The summed E-state index contributed by atoms with van der Waals surface area (Å²) >= 11 is 1.75. The Hall–Kier alpha value is -1.36. The minimum absolute atomic E-state index is 0.0298. The van der Waals surface area contributed by atoms with Crippen molar-refractivity contribution in [2.75, 3.05) is 23.8 Å². The maximum Gasteiger partial charge on any atom is 0.268 e. The highest BCUT2D eigenvalue weighted by Gasteiger charge is 2.27. The van der Waals surface area contributed by atoms with Crippen molar-refractivity contribution in [2.24, 2.45) is 0 Å². The molecule has 1 aliphatic carbocycles. The van der Waals surface area contributed by atoms with E-state index in [1.807, 2.05) is 16.8 Å². The smallest absolute Gasteiger partial charge is 0.268 e. The van der Waals surface area contributed by atoms with Crippen LogP contribution in [0.1, 0.15) is 29.4 Å². The van der Waals surface area contributed by atoms with Gasteiger partial charge in [-0.2, -0.15) is 11.8 Å². The SMILES string of the molecule is C=CCSCCNC(=O)c1cc(N)cn1C1CC1. The monoisotopic (exact) mass is 265 g/mol. The molecular formula is C13H19N3OS. The number of amides is 1. The van der Waals surface area contributed by atoms with Crippen molar-refractivity contribution in [3.05, 3.63) is 30.6 Å². The van der Waals surface area contributed by atoms with Crippen LogP contribution in [-0.2, 0) is 0 Å². The second-order valence-corrected chi connectivity index (χ2v) is 5.57. The Morgan fingerprint density at radius 2 is 2.44 bits per heavy atom. The summed E-state index contributed by atoms with van der Waals surface area (Å²) in [5, 5.41) is 2.92. The van der Waals surface area contributed by atoms with E-state index >= 15 is 0 Å². The Morgan fingerprint density at radius 1 is 1.67 bits per heavy atom. The van der Waals surface area contributed by atoms with Gasteiger partial charge in [-0.05, 0) is 18.9 Å². The first-order chi connectivity index (χ1) is 8.72. The second kappa shape index (κ2) is 6.00. The van der Waals surface area contributed by atoms with Crippen LogP contribution in [0, 0.1) is 0 Å². The zero-order chi connectivity index (χ0) is 13.0. The zero-order valence-electron chi connectivity index (χ0n) is 10.4. The Balaban J connectivity index is 1.86. The highest BCUT2D eigenvalue weighted by molar-refractivity contribution is 7.99. The van der Waals surface area contributed by atoms with Crippen molar-refractivity contribution in [1.82, 2.24) is 9.88 Å². The lowest BCUT2D eigenvalue weighted by atomic mass is 10.3. The van der Waals surface area contributed by atoms with Gasteiger partial charge in [-0.1, -0.05) is 6.08 Å². The molecule has 0 spiro atoms. The molecule has 0 aliphatic heterocycles. The van der Waals surface area contributed by atoms with E-state index in [4.69, 9.17) is 5.73 Å². The van der Waals surface area contributed by atoms with Gasteiger partial charge in [0, 0.05) is 30.3 Å². The van der Waals surface area contributed by atoms with E-state index < -0.39 is 0 Å². The summed E-state index contributed by atoms with van der Waals surface area (Å²) in [7, 11) is 0. The molecule has 0 saturated heterocycles. The molecule has 1 aliphatic rings. The average molecular weight is 265 g/mol. The molecule has 3 N–H and O–H groups in total. The first-order valence-electron chi connectivity index (χ1n) is 6.16. The fraction of sp³-hybridized carbons (Fsp3) is 0.462. The first-order valence-corrected chi connectivity index (χ1v) is 7.32. The number of nitrogens with two attached hydrogens (primary N) is 1. The molecule has 1 heterocycles. The molecule has 1 saturated carbocycles. The van der Waals surface area contributed by atoms with E-state index in [2.05, 4.69) is 11.9 Å². The lowest BCUT2D eigenvalue weighted by Gasteiger charge is -2.08. The molecule has 5 heteroatoms. The second-order valence-electron chi connectivity index (χ2n) is 4.42. The minimum Gasteiger partial charge on any atom is -0.397 e. The number of nitrogens with one attached hydrogen (secondary N) is 1. The molecule has 1 fully saturated rings. The van der Waals surface area contributed by atoms with Gasteiger partial charge in [-0.3, -0.25) is 4.79 Å². The summed E-state index contributed by atoms with van der Waals surface area (Å²) in [5.41, 5.74) is 7.11. The zero-order valence-corrected chi connectivity index (χ0v) is 11.2. The van der Waals surface area contributed by atoms with Crippen LogP contribution >= 0.6 is 11.8 Å². The van der Waals surface area contributed by atoms with Crippen molar-refractivity contribution in [1.29, 1.82) is 0 Å². The summed E-state index contributed by atoms with van der Waals surface area (Å²) in [6.07, 6.45) is 6.01. The van der Waals surface area contributed by atoms with Gasteiger partial charge in [0.15, 0.2) is 0 Å². The molecule has 2 rings (SSSR count). The Kier molecular flexibility index (Phi) is 4.36. The van der Waals surface area contributed by atoms with E-state index in [1.54, 1.807) is 17.8 Å². The van der Waals surface area contributed by atoms with Crippen molar-refractivity contribution in [2.45, 2.75) is 18.9 Å². The van der Waals surface area contributed by atoms with E-state index in [-0.39, 0.29) is 5.91 Å². The summed E-state index contributed by atoms with van der Waals surface area (Å²) in [4.78, 5) is 12.0. The quantitative estimate of drug-likeness (QED) is 0.586. The number of aromatic nitrogens is 1. The van der Waals surface area contributed by atoms with Crippen molar-refractivity contribution in [3.63, 3.8) is 0 Å². The molecule has 98 valence electrons. The molecule has 1 aromatic rings. The molecule has 18 heavy (non-hydrogen) atoms. The molecule has 1 amide bonds. The number of carbonyl (C=O) groups excluding carboxylic acids is 1. The summed E-state index contributed by atoms with van der Waals surface area (Å²) in [5.74, 6) is 1.79. The lowest BCUT2D eigenvalue weighted by molar-refractivity contribution is 0.0946. The third-order valence-corrected chi connectivity index (χ3v) is 3.77. The summed E-state index contributed by atoms with van der Waals surface area (Å²) in [6.45, 7) is 4.33. The van der Waals surface area contributed by atoms with Crippen LogP contribution in [0.5, 0.6) is 0 Å². The fourth-order valence-corrected chi connectivity index (χ4v) is 2.41. The largest absolute Gasteiger partial charge is 0.397 e.